The first-order valence-corrected chi connectivity index (χ1v) is 6.81. The van der Waals surface area contributed by atoms with Crippen LogP contribution >= 0.6 is 0 Å². The zero-order valence-electron chi connectivity index (χ0n) is 11.9. The maximum absolute atomic E-state index is 4.41. The van der Waals surface area contributed by atoms with Gasteiger partial charge in [-0.15, -0.1) is 0 Å². The van der Waals surface area contributed by atoms with E-state index in [1.54, 1.807) is 0 Å². The third-order valence-electron chi connectivity index (χ3n) is 3.44. The van der Waals surface area contributed by atoms with E-state index in [1.165, 1.54) is 5.52 Å². The zero-order chi connectivity index (χ0) is 13.9. The fourth-order valence-electron chi connectivity index (χ4n) is 2.38. The molecule has 2 aromatic heterocycles. The molecule has 5 nitrogen and oxygen atoms in total. The van der Waals surface area contributed by atoms with Crippen molar-refractivity contribution >= 4 is 11.0 Å². The first-order valence-electron chi connectivity index (χ1n) is 6.81. The zero-order valence-corrected chi connectivity index (χ0v) is 11.9. The van der Waals surface area contributed by atoms with Crippen LogP contribution in [0.2, 0.25) is 0 Å². The molecule has 3 aromatic rings. The van der Waals surface area contributed by atoms with Gasteiger partial charge in [-0.05, 0) is 32.2 Å². The van der Waals surface area contributed by atoms with Crippen LogP contribution in [0.25, 0.3) is 11.0 Å². The quantitative estimate of drug-likeness (QED) is 0.772. The second kappa shape index (κ2) is 5.46. The molecule has 1 aromatic carbocycles. The Balaban J connectivity index is 1.61. The average Bonchev–Trinajstić information content (AvgIpc) is 3.03. The van der Waals surface area contributed by atoms with E-state index in [0.717, 1.165) is 36.5 Å². The van der Waals surface area contributed by atoms with Crippen molar-refractivity contribution in [1.29, 1.82) is 0 Å². The largest absolute Gasteiger partial charge is 0.329 e. The molecule has 0 aliphatic carbocycles. The van der Waals surface area contributed by atoms with Crippen molar-refractivity contribution in [3.05, 3.63) is 48.0 Å². The van der Waals surface area contributed by atoms with E-state index in [9.17, 15) is 0 Å². The highest BCUT2D eigenvalue weighted by Gasteiger charge is 2.05. The number of hydrogen-bond acceptors (Lipinski definition) is 3. The van der Waals surface area contributed by atoms with Crippen LogP contribution in [0.3, 0.4) is 0 Å². The number of aromatic nitrogens is 4. The van der Waals surface area contributed by atoms with Gasteiger partial charge in [0.1, 0.15) is 0 Å². The van der Waals surface area contributed by atoms with E-state index < -0.39 is 0 Å². The maximum atomic E-state index is 4.41. The number of H-pyrrole nitrogens is 1. The number of likely N-dealkylation sites (N-methyl/N-ethyl adjacent to an activating group) is 1. The summed E-state index contributed by atoms with van der Waals surface area (Å²) in [5.74, 6) is 0. The standard InChI is InChI=1S/C15H19N5/c1-12-9-13(18-17-12)10-19(2)7-8-20-11-16-14-5-3-4-6-15(14)20/h3-6,9,11H,7-8,10H2,1-2H3,(H,17,18). The van der Waals surface area contributed by atoms with Gasteiger partial charge < -0.3 is 4.57 Å². The lowest BCUT2D eigenvalue weighted by Crippen LogP contribution is -2.22. The maximum Gasteiger partial charge on any atom is 0.0958 e. The van der Waals surface area contributed by atoms with E-state index in [2.05, 4.69) is 49.9 Å². The van der Waals surface area contributed by atoms with Crippen molar-refractivity contribution in [3.8, 4) is 0 Å². The lowest BCUT2D eigenvalue weighted by molar-refractivity contribution is 0.309. The Hall–Kier alpha value is -2.14. The van der Waals surface area contributed by atoms with Gasteiger partial charge >= 0.3 is 0 Å². The predicted molar refractivity (Wildman–Crippen MR) is 79.4 cm³/mol. The molecule has 0 spiro atoms. The molecule has 20 heavy (non-hydrogen) atoms. The van der Waals surface area contributed by atoms with Crippen LogP contribution in [0.1, 0.15) is 11.4 Å². The Bertz CT molecular complexity index is 697. The lowest BCUT2D eigenvalue weighted by atomic mass is 10.3. The van der Waals surface area contributed by atoms with Crippen molar-refractivity contribution in [3.63, 3.8) is 0 Å². The topological polar surface area (TPSA) is 49.7 Å². The van der Waals surface area contributed by atoms with Crippen LogP contribution in [-0.2, 0) is 13.1 Å². The van der Waals surface area contributed by atoms with Crippen LogP contribution in [0.15, 0.2) is 36.7 Å². The minimum Gasteiger partial charge on any atom is -0.329 e. The van der Waals surface area contributed by atoms with Gasteiger partial charge in [-0.1, -0.05) is 12.1 Å². The molecule has 0 unspecified atom stereocenters. The Morgan fingerprint density at radius 2 is 2.15 bits per heavy atom. The molecule has 0 saturated carbocycles. The number of nitrogens with one attached hydrogen (secondary N) is 1. The van der Waals surface area contributed by atoms with E-state index in [-0.39, 0.29) is 0 Å². The van der Waals surface area contributed by atoms with Gasteiger partial charge in [0, 0.05) is 25.3 Å². The number of nitrogens with zero attached hydrogens (tertiary/aromatic N) is 4. The second-order valence-corrected chi connectivity index (χ2v) is 5.21. The van der Waals surface area contributed by atoms with Gasteiger partial charge in [0.15, 0.2) is 0 Å². The molecule has 0 fully saturated rings. The van der Waals surface area contributed by atoms with Gasteiger partial charge in [-0.2, -0.15) is 5.10 Å². The minimum atomic E-state index is 0.858. The fourth-order valence-corrected chi connectivity index (χ4v) is 2.38. The van der Waals surface area contributed by atoms with Crippen LogP contribution in [0.4, 0.5) is 0 Å². The summed E-state index contributed by atoms with van der Waals surface area (Å²) in [5.41, 5.74) is 4.43. The molecule has 0 amide bonds. The number of aromatic amines is 1. The highest BCUT2D eigenvalue weighted by atomic mass is 15.2. The summed E-state index contributed by atoms with van der Waals surface area (Å²) in [4.78, 5) is 6.68. The number of hydrogen-bond donors (Lipinski definition) is 1. The first-order chi connectivity index (χ1) is 9.72. The van der Waals surface area contributed by atoms with Crippen molar-refractivity contribution in [2.75, 3.05) is 13.6 Å². The Morgan fingerprint density at radius 3 is 2.95 bits per heavy atom. The first kappa shape index (κ1) is 12.9. The molecule has 0 aliphatic rings. The van der Waals surface area contributed by atoms with Crippen LogP contribution < -0.4 is 0 Å². The Labute approximate surface area is 118 Å². The third-order valence-corrected chi connectivity index (χ3v) is 3.44. The Kier molecular flexibility index (Phi) is 3.52. The molecule has 2 heterocycles. The van der Waals surface area contributed by atoms with E-state index >= 15 is 0 Å². The van der Waals surface area contributed by atoms with Crippen molar-refractivity contribution in [2.24, 2.45) is 0 Å². The number of imidazole rings is 1. The minimum absolute atomic E-state index is 0.858. The molecule has 0 saturated heterocycles. The summed E-state index contributed by atoms with van der Waals surface area (Å²) in [6.45, 7) is 4.78. The molecule has 0 radical (unpaired) electrons. The summed E-state index contributed by atoms with van der Waals surface area (Å²) < 4.78 is 2.20. The van der Waals surface area contributed by atoms with E-state index in [0.29, 0.717) is 0 Å². The molecule has 5 heteroatoms. The smallest absolute Gasteiger partial charge is 0.0958 e. The SMILES string of the molecule is Cc1cc(CN(C)CCn2cnc3ccccc32)n[nH]1. The molecule has 0 aliphatic heterocycles. The molecular weight excluding hydrogens is 250 g/mol. The summed E-state index contributed by atoms with van der Waals surface area (Å²) in [6.07, 6.45) is 1.91. The number of para-hydroxylation sites is 2. The average molecular weight is 269 g/mol. The summed E-state index contributed by atoms with van der Waals surface area (Å²) in [5, 5.41) is 7.24. The summed E-state index contributed by atoms with van der Waals surface area (Å²) >= 11 is 0. The normalized spacial score (nSPS) is 11.6. The Morgan fingerprint density at radius 1 is 1.30 bits per heavy atom. The number of fused-ring (bicyclic) bond motifs is 1. The molecule has 104 valence electrons. The second-order valence-electron chi connectivity index (χ2n) is 5.21. The summed E-state index contributed by atoms with van der Waals surface area (Å²) in [7, 11) is 2.11. The molecule has 0 bridgehead atoms. The van der Waals surface area contributed by atoms with Crippen molar-refractivity contribution in [1.82, 2.24) is 24.6 Å². The van der Waals surface area contributed by atoms with Gasteiger partial charge in [0.25, 0.3) is 0 Å². The van der Waals surface area contributed by atoms with Gasteiger partial charge in [0.2, 0.25) is 0 Å². The summed E-state index contributed by atoms with van der Waals surface area (Å²) in [6, 6.07) is 10.3. The van der Waals surface area contributed by atoms with Gasteiger partial charge in [-0.25, -0.2) is 4.98 Å². The third kappa shape index (κ3) is 2.72. The number of aryl methyl sites for hydroxylation is 1. The molecule has 0 atom stereocenters. The number of rotatable bonds is 5. The van der Waals surface area contributed by atoms with Crippen molar-refractivity contribution in [2.45, 2.75) is 20.0 Å². The van der Waals surface area contributed by atoms with Crippen LogP contribution in [-0.4, -0.2) is 38.2 Å². The molecule has 3 rings (SSSR count). The van der Waals surface area contributed by atoms with E-state index in [1.807, 2.05) is 25.4 Å². The van der Waals surface area contributed by atoms with Gasteiger partial charge in [0.05, 0.1) is 23.1 Å². The van der Waals surface area contributed by atoms with Crippen molar-refractivity contribution < 1.29 is 0 Å². The highest BCUT2D eigenvalue weighted by molar-refractivity contribution is 5.74. The lowest BCUT2D eigenvalue weighted by Gasteiger charge is -2.15. The predicted octanol–water partition coefficient (Wildman–Crippen LogP) is 2.20. The highest BCUT2D eigenvalue weighted by Crippen LogP contribution is 2.11. The molecular formula is C15H19N5. The van der Waals surface area contributed by atoms with Crippen LogP contribution in [0.5, 0.6) is 0 Å². The van der Waals surface area contributed by atoms with Gasteiger partial charge in [-0.3, -0.25) is 10.00 Å². The fraction of sp³-hybridized carbons (Fsp3) is 0.333. The molecule has 1 N–H and O–H groups in total. The van der Waals surface area contributed by atoms with Crippen LogP contribution in [0, 0.1) is 6.92 Å². The van der Waals surface area contributed by atoms with E-state index in [4.69, 9.17) is 0 Å². The number of benzene rings is 1. The monoisotopic (exact) mass is 269 g/mol.